The minimum Gasteiger partial charge on any atom is -0.507 e. The van der Waals surface area contributed by atoms with Gasteiger partial charge in [-0.25, -0.2) is 4.79 Å². The van der Waals surface area contributed by atoms with Crippen LogP contribution in [0.5, 0.6) is 17.2 Å². The third-order valence-corrected chi connectivity index (χ3v) is 5.25. The zero-order valence-corrected chi connectivity index (χ0v) is 17.5. The maximum Gasteiger partial charge on any atom is 0.339 e. The zero-order valence-electron chi connectivity index (χ0n) is 16.8. The summed E-state index contributed by atoms with van der Waals surface area (Å²) in [5, 5.41) is 19.5. The second-order valence-corrected chi connectivity index (χ2v) is 7.72. The second kappa shape index (κ2) is 9.09. The number of carbonyl (C=O) groups is 1. The van der Waals surface area contributed by atoms with Crippen molar-refractivity contribution in [2.45, 2.75) is 19.3 Å². The number of para-hydroxylation sites is 1. The number of phenols is 1. The summed E-state index contributed by atoms with van der Waals surface area (Å²) in [6.07, 6.45) is 0. The molecule has 5 nitrogen and oxygen atoms in total. The molecule has 0 amide bonds. The SMILES string of the molecule is CC(C)(c1ccc(OCCOc2ccccc2)c(Cl)c1)c1ccc(O)c(C(=O)O)c1. The number of hydrogen-bond donors (Lipinski definition) is 2. The van der Waals surface area contributed by atoms with Crippen LogP contribution in [0.15, 0.2) is 66.7 Å². The molecule has 0 bridgehead atoms. The number of hydrogen-bond acceptors (Lipinski definition) is 4. The lowest BCUT2D eigenvalue weighted by Gasteiger charge is -2.27. The van der Waals surface area contributed by atoms with E-state index in [-0.39, 0.29) is 11.3 Å². The third-order valence-electron chi connectivity index (χ3n) is 4.96. The topological polar surface area (TPSA) is 76.0 Å². The van der Waals surface area contributed by atoms with Crippen LogP contribution in [0.1, 0.15) is 35.3 Å². The fourth-order valence-corrected chi connectivity index (χ4v) is 3.33. The summed E-state index contributed by atoms with van der Waals surface area (Å²) in [6, 6.07) is 19.6. The fourth-order valence-electron chi connectivity index (χ4n) is 3.10. The molecule has 0 saturated heterocycles. The van der Waals surface area contributed by atoms with Gasteiger partial charge in [-0.15, -0.1) is 0 Å². The third kappa shape index (κ3) is 4.86. The Bertz CT molecular complexity index is 1030. The van der Waals surface area contributed by atoms with Crippen LogP contribution >= 0.6 is 11.6 Å². The number of benzene rings is 3. The van der Waals surface area contributed by atoms with E-state index in [4.69, 9.17) is 21.1 Å². The van der Waals surface area contributed by atoms with Gasteiger partial charge in [0.25, 0.3) is 0 Å². The first kappa shape index (κ1) is 21.5. The van der Waals surface area contributed by atoms with Crippen molar-refractivity contribution in [2.24, 2.45) is 0 Å². The Balaban J connectivity index is 1.70. The van der Waals surface area contributed by atoms with Crippen LogP contribution in [0.2, 0.25) is 5.02 Å². The average molecular weight is 427 g/mol. The Morgan fingerprint density at radius 3 is 2.23 bits per heavy atom. The molecule has 0 radical (unpaired) electrons. The molecule has 0 aliphatic heterocycles. The van der Waals surface area contributed by atoms with Gasteiger partial charge in [0, 0.05) is 5.41 Å². The van der Waals surface area contributed by atoms with E-state index in [0.717, 1.165) is 16.9 Å². The van der Waals surface area contributed by atoms with E-state index in [0.29, 0.717) is 24.0 Å². The summed E-state index contributed by atoms with van der Waals surface area (Å²) in [7, 11) is 0. The lowest BCUT2D eigenvalue weighted by molar-refractivity contribution is 0.0693. The van der Waals surface area contributed by atoms with Crippen LogP contribution in [0.4, 0.5) is 0 Å². The highest BCUT2D eigenvalue weighted by molar-refractivity contribution is 6.32. The van der Waals surface area contributed by atoms with Crippen LogP contribution in [0.3, 0.4) is 0 Å². The van der Waals surface area contributed by atoms with Crippen LogP contribution in [0.25, 0.3) is 0 Å². The van der Waals surface area contributed by atoms with E-state index in [1.807, 2.05) is 56.3 Å². The van der Waals surface area contributed by atoms with Gasteiger partial charge in [0.2, 0.25) is 0 Å². The highest BCUT2D eigenvalue weighted by Crippen LogP contribution is 2.37. The maximum atomic E-state index is 11.3. The summed E-state index contributed by atoms with van der Waals surface area (Å²) < 4.78 is 11.3. The van der Waals surface area contributed by atoms with Gasteiger partial charge in [0.1, 0.15) is 36.0 Å². The molecule has 3 aromatic carbocycles. The molecule has 0 aromatic heterocycles. The maximum absolute atomic E-state index is 11.3. The molecule has 0 aliphatic rings. The van der Waals surface area contributed by atoms with Crippen molar-refractivity contribution in [2.75, 3.05) is 13.2 Å². The molecule has 0 atom stereocenters. The number of carboxylic acid groups (broad SMARTS) is 1. The Morgan fingerprint density at radius 2 is 1.57 bits per heavy atom. The predicted molar refractivity (Wildman–Crippen MR) is 116 cm³/mol. The van der Waals surface area contributed by atoms with E-state index >= 15 is 0 Å². The molecule has 0 aliphatic carbocycles. The standard InChI is InChI=1S/C24H23ClO5/c1-24(2,16-8-10-21(26)19(14-16)23(27)28)17-9-11-22(20(25)15-17)30-13-12-29-18-6-4-3-5-7-18/h3-11,14-15,26H,12-13H2,1-2H3,(H,27,28). The molecule has 6 heteroatoms. The van der Waals surface area contributed by atoms with Crippen LogP contribution < -0.4 is 9.47 Å². The van der Waals surface area contributed by atoms with Crippen molar-refractivity contribution in [3.63, 3.8) is 0 Å². The first-order valence-electron chi connectivity index (χ1n) is 9.46. The van der Waals surface area contributed by atoms with Crippen LogP contribution in [-0.4, -0.2) is 29.4 Å². The Kier molecular flexibility index (Phi) is 6.53. The molecular formula is C24H23ClO5. The van der Waals surface area contributed by atoms with Gasteiger partial charge in [-0.05, 0) is 47.5 Å². The number of rotatable bonds is 8. The molecule has 30 heavy (non-hydrogen) atoms. The molecule has 0 spiro atoms. The van der Waals surface area contributed by atoms with Crippen LogP contribution in [0, 0.1) is 0 Å². The van der Waals surface area contributed by atoms with Gasteiger partial charge in [-0.1, -0.05) is 55.8 Å². The minimum absolute atomic E-state index is 0.134. The summed E-state index contributed by atoms with van der Waals surface area (Å²) in [6.45, 7) is 4.66. The summed E-state index contributed by atoms with van der Waals surface area (Å²) in [5.41, 5.74) is 0.974. The smallest absolute Gasteiger partial charge is 0.339 e. The predicted octanol–water partition coefficient (Wildman–Crippen LogP) is 5.53. The van der Waals surface area contributed by atoms with Crippen molar-refractivity contribution in [1.29, 1.82) is 0 Å². The Labute approximate surface area is 180 Å². The van der Waals surface area contributed by atoms with Crippen molar-refractivity contribution in [1.82, 2.24) is 0 Å². The molecule has 0 fully saturated rings. The Morgan fingerprint density at radius 1 is 0.933 bits per heavy atom. The molecule has 3 rings (SSSR count). The van der Waals surface area contributed by atoms with E-state index < -0.39 is 11.4 Å². The van der Waals surface area contributed by atoms with Gasteiger partial charge in [0.15, 0.2) is 0 Å². The van der Waals surface area contributed by atoms with E-state index in [1.54, 1.807) is 12.1 Å². The number of ether oxygens (including phenoxy) is 2. The summed E-state index contributed by atoms with van der Waals surface area (Å²) in [5.74, 6) is -0.116. The van der Waals surface area contributed by atoms with Gasteiger partial charge >= 0.3 is 5.97 Å². The molecule has 0 unspecified atom stereocenters. The van der Waals surface area contributed by atoms with Gasteiger partial charge in [0.05, 0.1) is 5.02 Å². The first-order chi connectivity index (χ1) is 14.3. The van der Waals surface area contributed by atoms with Gasteiger partial charge < -0.3 is 19.7 Å². The molecule has 156 valence electrons. The summed E-state index contributed by atoms with van der Waals surface area (Å²) >= 11 is 6.43. The Hall–Kier alpha value is -3.18. The van der Waals surface area contributed by atoms with Gasteiger partial charge in [-0.2, -0.15) is 0 Å². The highest BCUT2D eigenvalue weighted by Gasteiger charge is 2.26. The monoisotopic (exact) mass is 426 g/mol. The molecule has 3 aromatic rings. The number of aromatic hydroxyl groups is 1. The largest absolute Gasteiger partial charge is 0.507 e. The zero-order chi connectivity index (χ0) is 21.7. The van der Waals surface area contributed by atoms with Crippen molar-refractivity contribution in [3.8, 4) is 17.2 Å². The molecule has 0 saturated carbocycles. The van der Waals surface area contributed by atoms with Gasteiger partial charge in [-0.3, -0.25) is 0 Å². The number of carboxylic acids is 1. The lowest BCUT2D eigenvalue weighted by Crippen LogP contribution is -2.19. The van der Waals surface area contributed by atoms with E-state index in [1.165, 1.54) is 12.1 Å². The quantitative estimate of drug-likeness (QED) is 0.463. The molecule has 2 N–H and O–H groups in total. The average Bonchev–Trinajstić information content (AvgIpc) is 2.72. The molecular weight excluding hydrogens is 404 g/mol. The van der Waals surface area contributed by atoms with E-state index in [2.05, 4.69) is 0 Å². The normalized spacial score (nSPS) is 11.2. The van der Waals surface area contributed by atoms with Crippen molar-refractivity contribution < 1.29 is 24.5 Å². The molecule has 0 heterocycles. The van der Waals surface area contributed by atoms with Crippen molar-refractivity contribution in [3.05, 3.63) is 88.4 Å². The lowest BCUT2D eigenvalue weighted by atomic mass is 9.77. The minimum atomic E-state index is -1.18. The van der Waals surface area contributed by atoms with Crippen LogP contribution in [-0.2, 0) is 5.41 Å². The number of halogens is 1. The highest BCUT2D eigenvalue weighted by atomic mass is 35.5. The van der Waals surface area contributed by atoms with Crippen molar-refractivity contribution >= 4 is 17.6 Å². The van der Waals surface area contributed by atoms with E-state index in [9.17, 15) is 15.0 Å². The fraction of sp³-hybridized carbons (Fsp3) is 0.208. The second-order valence-electron chi connectivity index (χ2n) is 7.32. The first-order valence-corrected chi connectivity index (χ1v) is 9.84. The summed E-state index contributed by atoms with van der Waals surface area (Å²) in [4.78, 5) is 11.3. The number of aromatic carboxylic acids is 1.